The molecule has 5 heteroatoms. The first-order valence-electron chi connectivity index (χ1n) is 4.75. The second-order valence-electron chi connectivity index (χ2n) is 3.40. The van der Waals surface area contributed by atoms with Crippen LogP contribution in [-0.4, -0.2) is 16.9 Å². The van der Waals surface area contributed by atoms with Gasteiger partial charge in [0.05, 0.1) is 5.02 Å². The third-order valence-electron chi connectivity index (χ3n) is 1.84. The van der Waals surface area contributed by atoms with Crippen molar-refractivity contribution in [1.29, 1.82) is 0 Å². The van der Waals surface area contributed by atoms with Crippen molar-refractivity contribution < 1.29 is 4.79 Å². The Bertz CT molecular complexity index is 341. The number of nitrogens with zero attached hydrogens (tertiary/aromatic N) is 1. The van der Waals surface area contributed by atoms with Crippen LogP contribution < -0.4 is 11.1 Å². The van der Waals surface area contributed by atoms with Gasteiger partial charge in [-0.1, -0.05) is 11.6 Å². The van der Waals surface area contributed by atoms with Crippen LogP contribution in [0.1, 0.15) is 19.8 Å². The molecule has 0 bridgehead atoms. The van der Waals surface area contributed by atoms with Gasteiger partial charge in [0.25, 0.3) is 0 Å². The Balaban J connectivity index is 2.48. The third-order valence-corrected chi connectivity index (χ3v) is 2.15. The van der Waals surface area contributed by atoms with Crippen LogP contribution in [0.5, 0.6) is 0 Å². The van der Waals surface area contributed by atoms with E-state index in [-0.39, 0.29) is 11.9 Å². The smallest absolute Gasteiger partial charge is 0.225 e. The SMILES string of the molecule is CC(N)CCC(=O)Nc1ncccc1Cl. The van der Waals surface area contributed by atoms with Crippen molar-refractivity contribution in [1.82, 2.24) is 4.98 Å². The number of aromatic nitrogens is 1. The molecule has 1 amide bonds. The maximum absolute atomic E-state index is 11.4. The molecule has 0 radical (unpaired) electrons. The Morgan fingerprint density at radius 2 is 2.47 bits per heavy atom. The van der Waals surface area contributed by atoms with Gasteiger partial charge in [-0.15, -0.1) is 0 Å². The number of nitrogens with one attached hydrogen (secondary N) is 1. The summed E-state index contributed by atoms with van der Waals surface area (Å²) in [5.74, 6) is 0.279. The molecule has 0 spiro atoms. The normalized spacial score (nSPS) is 12.2. The highest BCUT2D eigenvalue weighted by Crippen LogP contribution is 2.17. The molecule has 1 aromatic heterocycles. The van der Waals surface area contributed by atoms with Gasteiger partial charge < -0.3 is 11.1 Å². The van der Waals surface area contributed by atoms with Crippen molar-refractivity contribution in [2.75, 3.05) is 5.32 Å². The fourth-order valence-corrected chi connectivity index (χ4v) is 1.20. The number of rotatable bonds is 4. The Kier molecular flexibility index (Phi) is 4.52. The molecule has 1 aromatic rings. The van der Waals surface area contributed by atoms with E-state index in [4.69, 9.17) is 17.3 Å². The lowest BCUT2D eigenvalue weighted by Crippen LogP contribution is -2.19. The molecule has 4 nitrogen and oxygen atoms in total. The van der Waals surface area contributed by atoms with Crippen LogP contribution in [-0.2, 0) is 4.79 Å². The molecule has 0 aliphatic carbocycles. The first-order valence-corrected chi connectivity index (χ1v) is 5.13. The van der Waals surface area contributed by atoms with E-state index >= 15 is 0 Å². The zero-order chi connectivity index (χ0) is 11.3. The van der Waals surface area contributed by atoms with Gasteiger partial charge in [-0.25, -0.2) is 4.98 Å². The van der Waals surface area contributed by atoms with Crippen molar-refractivity contribution in [2.45, 2.75) is 25.8 Å². The Morgan fingerprint density at radius 3 is 3.07 bits per heavy atom. The van der Waals surface area contributed by atoms with Gasteiger partial charge in [0.2, 0.25) is 5.91 Å². The lowest BCUT2D eigenvalue weighted by molar-refractivity contribution is -0.116. The quantitative estimate of drug-likeness (QED) is 0.824. The number of carbonyl (C=O) groups is 1. The van der Waals surface area contributed by atoms with Gasteiger partial charge in [-0.3, -0.25) is 4.79 Å². The molecular formula is C10H14ClN3O. The van der Waals surface area contributed by atoms with Crippen LogP contribution in [0.4, 0.5) is 5.82 Å². The van der Waals surface area contributed by atoms with Crippen molar-refractivity contribution >= 4 is 23.3 Å². The largest absolute Gasteiger partial charge is 0.328 e. The molecule has 15 heavy (non-hydrogen) atoms. The van der Waals surface area contributed by atoms with E-state index in [1.54, 1.807) is 18.3 Å². The first-order chi connectivity index (χ1) is 7.09. The molecule has 0 aliphatic heterocycles. The summed E-state index contributed by atoms with van der Waals surface area (Å²) >= 11 is 5.83. The van der Waals surface area contributed by atoms with Crippen LogP contribution in [0, 0.1) is 0 Å². The summed E-state index contributed by atoms with van der Waals surface area (Å²) < 4.78 is 0. The van der Waals surface area contributed by atoms with Crippen LogP contribution in [0.3, 0.4) is 0 Å². The number of halogens is 1. The van der Waals surface area contributed by atoms with E-state index in [1.807, 2.05) is 6.92 Å². The molecular weight excluding hydrogens is 214 g/mol. The van der Waals surface area contributed by atoms with E-state index in [0.29, 0.717) is 23.7 Å². The fraction of sp³-hybridized carbons (Fsp3) is 0.400. The number of hydrogen-bond acceptors (Lipinski definition) is 3. The highest BCUT2D eigenvalue weighted by Gasteiger charge is 2.07. The van der Waals surface area contributed by atoms with E-state index in [2.05, 4.69) is 10.3 Å². The van der Waals surface area contributed by atoms with Crippen LogP contribution in [0.2, 0.25) is 5.02 Å². The summed E-state index contributed by atoms with van der Waals surface area (Å²) in [6.07, 6.45) is 2.61. The van der Waals surface area contributed by atoms with E-state index < -0.39 is 0 Å². The number of nitrogens with two attached hydrogens (primary N) is 1. The number of amides is 1. The van der Waals surface area contributed by atoms with Gasteiger partial charge in [0, 0.05) is 18.7 Å². The van der Waals surface area contributed by atoms with Crippen LogP contribution in [0.15, 0.2) is 18.3 Å². The van der Waals surface area contributed by atoms with E-state index in [1.165, 1.54) is 0 Å². The predicted molar refractivity (Wildman–Crippen MR) is 60.8 cm³/mol. The summed E-state index contributed by atoms with van der Waals surface area (Å²) in [6, 6.07) is 3.41. The molecule has 1 heterocycles. The molecule has 1 unspecified atom stereocenters. The minimum absolute atomic E-state index is 0.0231. The number of hydrogen-bond donors (Lipinski definition) is 2. The Labute approximate surface area is 93.8 Å². The molecule has 1 rings (SSSR count). The van der Waals surface area contributed by atoms with E-state index in [9.17, 15) is 4.79 Å². The number of carbonyl (C=O) groups excluding carboxylic acids is 1. The monoisotopic (exact) mass is 227 g/mol. The molecule has 0 saturated carbocycles. The predicted octanol–water partition coefficient (Wildman–Crippen LogP) is 1.80. The first kappa shape index (κ1) is 11.9. The molecule has 3 N–H and O–H groups in total. The van der Waals surface area contributed by atoms with Gasteiger partial charge in [-0.2, -0.15) is 0 Å². The fourth-order valence-electron chi connectivity index (χ4n) is 1.03. The summed E-state index contributed by atoms with van der Waals surface area (Å²) in [5.41, 5.74) is 5.54. The van der Waals surface area contributed by atoms with Gasteiger partial charge in [0.1, 0.15) is 0 Å². The molecule has 82 valence electrons. The maximum atomic E-state index is 11.4. The highest BCUT2D eigenvalue weighted by atomic mass is 35.5. The van der Waals surface area contributed by atoms with Crippen molar-refractivity contribution in [2.24, 2.45) is 5.73 Å². The summed E-state index contributed by atoms with van der Waals surface area (Å²) in [7, 11) is 0. The highest BCUT2D eigenvalue weighted by molar-refractivity contribution is 6.33. The standard InChI is InChI=1S/C10H14ClN3O/c1-7(12)4-5-9(15)14-10-8(11)3-2-6-13-10/h2-3,6-7H,4-5,12H2,1H3,(H,13,14,15). The number of anilines is 1. The minimum Gasteiger partial charge on any atom is -0.328 e. The second-order valence-corrected chi connectivity index (χ2v) is 3.81. The molecule has 0 aliphatic rings. The lowest BCUT2D eigenvalue weighted by atomic mass is 10.2. The van der Waals surface area contributed by atoms with Gasteiger partial charge in [-0.05, 0) is 25.5 Å². The third kappa shape index (κ3) is 4.27. The summed E-state index contributed by atoms with van der Waals surface area (Å²) in [4.78, 5) is 15.4. The summed E-state index contributed by atoms with van der Waals surface area (Å²) in [5, 5.41) is 3.06. The van der Waals surface area contributed by atoms with Crippen LogP contribution >= 0.6 is 11.6 Å². The van der Waals surface area contributed by atoms with Gasteiger partial charge in [0.15, 0.2) is 5.82 Å². The summed E-state index contributed by atoms with van der Waals surface area (Å²) in [6.45, 7) is 1.86. The molecule has 1 atom stereocenters. The van der Waals surface area contributed by atoms with Crippen molar-refractivity contribution in [3.63, 3.8) is 0 Å². The molecule has 0 aromatic carbocycles. The topological polar surface area (TPSA) is 68.0 Å². The molecule has 0 fully saturated rings. The average molecular weight is 228 g/mol. The van der Waals surface area contributed by atoms with E-state index in [0.717, 1.165) is 0 Å². The maximum Gasteiger partial charge on any atom is 0.225 e. The average Bonchev–Trinajstić information content (AvgIpc) is 2.18. The van der Waals surface area contributed by atoms with Crippen LogP contribution in [0.25, 0.3) is 0 Å². The second kappa shape index (κ2) is 5.68. The van der Waals surface area contributed by atoms with Crippen molar-refractivity contribution in [3.8, 4) is 0 Å². The zero-order valence-electron chi connectivity index (χ0n) is 8.53. The molecule has 0 saturated heterocycles. The Morgan fingerprint density at radius 1 is 1.73 bits per heavy atom. The van der Waals surface area contributed by atoms with Crippen molar-refractivity contribution in [3.05, 3.63) is 23.4 Å². The lowest BCUT2D eigenvalue weighted by Gasteiger charge is -2.06. The zero-order valence-corrected chi connectivity index (χ0v) is 9.29. The van der Waals surface area contributed by atoms with Gasteiger partial charge >= 0.3 is 0 Å². The Hall–Kier alpha value is -1.13. The minimum atomic E-state index is -0.118. The number of pyridine rings is 1.